The molecule has 1 saturated carbocycles. The van der Waals surface area contributed by atoms with Crippen molar-refractivity contribution >= 4 is 10.0 Å². The van der Waals surface area contributed by atoms with Crippen molar-refractivity contribution in [2.24, 2.45) is 11.3 Å². The van der Waals surface area contributed by atoms with Crippen LogP contribution in [-0.2, 0) is 10.0 Å². The zero-order chi connectivity index (χ0) is 13.1. The largest absolute Gasteiger partial charge is 0.212 e. The Hall–Kier alpha value is -0.0900. The molecule has 0 amide bonds. The molecule has 1 N–H and O–H groups in total. The Labute approximate surface area is 106 Å². The average Bonchev–Trinajstić information content (AvgIpc) is 2.10. The molecule has 0 aromatic heterocycles. The molecule has 0 radical (unpaired) electrons. The Kier molecular flexibility index (Phi) is 5.02. The summed E-state index contributed by atoms with van der Waals surface area (Å²) < 4.78 is 26.6. The van der Waals surface area contributed by atoms with Crippen molar-refractivity contribution in [1.29, 1.82) is 0 Å². The Balaban J connectivity index is 2.56. The standard InChI is InChI=1S/C13H27NO2S/c1-5-6-7-17(15,16)14-12-8-11(2)9-13(3,4)10-12/h11-12,14H,5-10H2,1-4H3. The third kappa shape index (κ3) is 5.38. The van der Waals surface area contributed by atoms with Crippen LogP contribution in [0.2, 0.25) is 0 Å². The van der Waals surface area contributed by atoms with E-state index >= 15 is 0 Å². The Bertz CT molecular complexity index is 335. The predicted molar refractivity (Wildman–Crippen MR) is 72.4 cm³/mol. The fourth-order valence-electron chi connectivity index (χ4n) is 3.08. The van der Waals surface area contributed by atoms with Gasteiger partial charge in [0, 0.05) is 6.04 Å². The fraction of sp³-hybridized carbons (Fsp3) is 1.00. The first-order valence-electron chi connectivity index (χ1n) is 6.74. The van der Waals surface area contributed by atoms with Gasteiger partial charge >= 0.3 is 0 Å². The van der Waals surface area contributed by atoms with E-state index in [0.717, 1.165) is 25.7 Å². The van der Waals surface area contributed by atoms with Crippen LogP contribution in [0.25, 0.3) is 0 Å². The number of hydrogen-bond donors (Lipinski definition) is 1. The van der Waals surface area contributed by atoms with E-state index in [0.29, 0.717) is 5.92 Å². The lowest BCUT2D eigenvalue weighted by atomic mass is 9.71. The third-order valence-corrected chi connectivity index (χ3v) is 5.02. The Morgan fingerprint density at radius 1 is 1.29 bits per heavy atom. The van der Waals surface area contributed by atoms with Gasteiger partial charge in [-0.1, -0.05) is 34.1 Å². The molecule has 102 valence electrons. The van der Waals surface area contributed by atoms with E-state index in [9.17, 15) is 8.42 Å². The second kappa shape index (κ2) is 5.70. The molecule has 1 aliphatic rings. The van der Waals surface area contributed by atoms with Crippen LogP contribution in [0.4, 0.5) is 0 Å². The lowest BCUT2D eigenvalue weighted by molar-refractivity contribution is 0.163. The minimum Gasteiger partial charge on any atom is -0.212 e. The van der Waals surface area contributed by atoms with Gasteiger partial charge in [0.1, 0.15) is 0 Å². The summed E-state index contributed by atoms with van der Waals surface area (Å²) in [7, 11) is -3.07. The maximum Gasteiger partial charge on any atom is 0.211 e. The molecule has 0 aliphatic heterocycles. The second-order valence-corrected chi connectivity index (χ2v) is 8.27. The van der Waals surface area contributed by atoms with Gasteiger partial charge in [-0.15, -0.1) is 0 Å². The van der Waals surface area contributed by atoms with Crippen LogP contribution in [0.5, 0.6) is 0 Å². The van der Waals surface area contributed by atoms with Crippen molar-refractivity contribution < 1.29 is 8.42 Å². The summed E-state index contributed by atoms with van der Waals surface area (Å²) in [6, 6.07) is 0.135. The number of nitrogens with one attached hydrogen (secondary N) is 1. The molecule has 0 spiro atoms. The quantitative estimate of drug-likeness (QED) is 0.827. The van der Waals surface area contributed by atoms with Gasteiger partial charge in [0.15, 0.2) is 0 Å². The molecular formula is C13H27NO2S. The predicted octanol–water partition coefficient (Wildman–Crippen LogP) is 2.92. The van der Waals surface area contributed by atoms with E-state index in [1.807, 2.05) is 6.92 Å². The first-order chi connectivity index (χ1) is 7.74. The molecule has 0 saturated heterocycles. The highest BCUT2D eigenvalue weighted by atomic mass is 32.2. The number of rotatable bonds is 5. The van der Waals surface area contributed by atoms with Crippen LogP contribution < -0.4 is 4.72 Å². The first kappa shape index (κ1) is 15.0. The molecule has 1 fully saturated rings. The van der Waals surface area contributed by atoms with E-state index in [1.54, 1.807) is 0 Å². The lowest BCUT2D eigenvalue weighted by Gasteiger charge is -2.39. The monoisotopic (exact) mass is 261 g/mol. The molecule has 0 aromatic carbocycles. The summed E-state index contributed by atoms with van der Waals surface area (Å²) in [6.07, 6.45) is 4.81. The SMILES string of the molecule is CCCCS(=O)(=O)NC1CC(C)CC(C)(C)C1. The summed E-state index contributed by atoms with van der Waals surface area (Å²) in [4.78, 5) is 0. The minimum atomic E-state index is -3.07. The molecule has 4 heteroatoms. The second-order valence-electron chi connectivity index (χ2n) is 6.40. The van der Waals surface area contributed by atoms with Crippen molar-refractivity contribution in [1.82, 2.24) is 4.72 Å². The summed E-state index contributed by atoms with van der Waals surface area (Å²) in [5.41, 5.74) is 0.260. The minimum absolute atomic E-state index is 0.135. The lowest BCUT2D eigenvalue weighted by Crippen LogP contribution is -2.43. The normalized spacial score (nSPS) is 29.2. The topological polar surface area (TPSA) is 46.2 Å². The molecule has 17 heavy (non-hydrogen) atoms. The first-order valence-corrected chi connectivity index (χ1v) is 8.39. The summed E-state index contributed by atoms with van der Waals surface area (Å²) in [5, 5.41) is 0. The van der Waals surface area contributed by atoms with Gasteiger partial charge in [-0.05, 0) is 37.0 Å². The average molecular weight is 261 g/mol. The van der Waals surface area contributed by atoms with Gasteiger partial charge < -0.3 is 0 Å². The van der Waals surface area contributed by atoms with E-state index in [2.05, 4.69) is 25.5 Å². The number of unbranched alkanes of at least 4 members (excludes halogenated alkanes) is 1. The molecule has 0 heterocycles. The van der Waals surface area contributed by atoms with Gasteiger partial charge in [0.25, 0.3) is 0 Å². The van der Waals surface area contributed by atoms with Crippen molar-refractivity contribution in [3.63, 3.8) is 0 Å². The van der Waals surface area contributed by atoms with Crippen LogP contribution in [0.1, 0.15) is 59.8 Å². The number of sulfonamides is 1. The van der Waals surface area contributed by atoms with Crippen molar-refractivity contribution in [2.75, 3.05) is 5.75 Å². The molecule has 3 nitrogen and oxygen atoms in total. The Morgan fingerprint density at radius 2 is 1.94 bits per heavy atom. The van der Waals surface area contributed by atoms with E-state index in [4.69, 9.17) is 0 Å². The van der Waals surface area contributed by atoms with Crippen LogP contribution in [0, 0.1) is 11.3 Å². The summed E-state index contributed by atoms with van der Waals surface area (Å²) in [6.45, 7) is 8.70. The Morgan fingerprint density at radius 3 is 2.47 bits per heavy atom. The van der Waals surface area contributed by atoms with Gasteiger partial charge in [-0.3, -0.25) is 0 Å². The highest BCUT2D eigenvalue weighted by Gasteiger charge is 2.33. The molecule has 2 atom stereocenters. The highest BCUT2D eigenvalue weighted by molar-refractivity contribution is 7.89. The molecule has 2 unspecified atom stereocenters. The molecule has 1 aliphatic carbocycles. The third-order valence-electron chi connectivity index (χ3n) is 3.50. The summed E-state index contributed by atoms with van der Waals surface area (Å²) >= 11 is 0. The van der Waals surface area contributed by atoms with Crippen LogP contribution in [-0.4, -0.2) is 20.2 Å². The van der Waals surface area contributed by atoms with Gasteiger partial charge in [-0.2, -0.15) is 0 Å². The maximum absolute atomic E-state index is 11.9. The van der Waals surface area contributed by atoms with Crippen molar-refractivity contribution in [3.8, 4) is 0 Å². The molecule has 0 aromatic rings. The maximum atomic E-state index is 11.9. The van der Waals surface area contributed by atoms with Gasteiger partial charge in [0.05, 0.1) is 5.75 Å². The van der Waals surface area contributed by atoms with Gasteiger partial charge in [-0.25, -0.2) is 13.1 Å². The van der Waals surface area contributed by atoms with E-state index in [-0.39, 0.29) is 17.2 Å². The fourth-order valence-corrected chi connectivity index (χ4v) is 4.56. The van der Waals surface area contributed by atoms with Crippen molar-refractivity contribution in [2.45, 2.75) is 65.8 Å². The van der Waals surface area contributed by atoms with Gasteiger partial charge in [0.2, 0.25) is 10.0 Å². The van der Waals surface area contributed by atoms with Crippen LogP contribution >= 0.6 is 0 Å². The zero-order valence-electron chi connectivity index (χ0n) is 11.6. The van der Waals surface area contributed by atoms with Crippen molar-refractivity contribution in [3.05, 3.63) is 0 Å². The number of hydrogen-bond acceptors (Lipinski definition) is 2. The van der Waals surface area contributed by atoms with Crippen LogP contribution in [0.3, 0.4) is 0 Å². The van der Waals surface area contributed by atoms with E-state index in [1.165, 1.54) is 6.42 Å². The molecule has 1 rings (SSSR count). The zero-order valence-corrected chi connectivity index (χ0v) is 12.4. The smallest absolute Gasteiger partial charge is 0.211 e. The molecule has 0 bridgehead atoms. The van der Waals surface area contributed by atoms with Crippen LogP contribution in [0.15, 0.2) is 0 Å². The van der Waals surface area contributed by atoms with E-state index < -0.39 is 10.0 Å². The summed E-state index contributed by atoms with van der Waals surface area (Å²) in [5.74, 6) is 0.882. The highest BCUT2D eigenvalue weighted by Crippen LogP contribution is 2.38. The molecular weight excluding hydrogens is 234 g/mol.